The van der Waals surface area contributed by atoms with Crippen molar-refractivity contribution in [2.24, 2.45) is 9.98 Å². The molecule has 0 bridgehead atoms. The zero-order valence-electron chi connectivity index (χ0n) is 21.4. The van der Waals surface area contributed by atoms with Crippen LogP contribution in [0.2, 0.25) is 0 Å². The minimum Gasteiger partial charge on any atom is -0.486 e. The van der Waals surface area contributed by atoms with Crippen LogP contribution in [0.5, 0.6) is 23.0 Å². The van der Waals surface area contributed by atoms with Crippen molar-refractivity contribution in [3.8, 4) is 23.0 Å². The van der Waals surface area contributed by atoms with E-state index in [1.54, 1.807) is 36.7 Å². The van der Waals surface area contributed by atoms with Crippen molar-refractivity contribution in [3.63, 3.8) is 0 Å². The molecule has 3 rings (SSSR count). The molecule has 0 radical (unpaired) electrons. The highest BCUT2D eigenvalue weighted by molar-refractivity contribution is 5.84. The van der Waals surface area contributed by atoms with Crippen LogP contribution in [0.1, 0.15) is 11.1 Å². The first-order valence-corrected chi connectivity index (χ1v) is 12.1. The number of nitrogens with zero attached hydrogens (tertiary/aromatic N) is 2. The third-order valence-electron chi connectivity index (χ3n) is 4.94. The van der Waals surface area contributed by atoms with E-state index in [1.807, 2.05) is 60.7 Å². The normalized spacial score (nSPS) is 10.7. The maximum atomic E-state index is 5.73. The molecule has 3 aromatic carbocycles. The fraction of sp³-hybridized carbons (Fsp3) is 0.125. The lowest BCUT2D eigenvalue weighted by atomic mass is 10.2. The lowest BCUT2D eigenvalue weighted by Crippen LogP contribution is -2.00. The van der Waals surface area contributed by atoms with Gasteiger partial charge < -0.3 is 18.9 Å². The fourth-order valence-corrected chi connectivity index (χ4v) is 3.19. The summed E-state index contributed by atoms with van der Waals surface area (Å²) >= 11 is 0. The SMILES string of the molecule is C=CCOc1ccc(C=Nc2ccc(N=Cc3ccc(OCC=C)c(OCC=C)c3)cc2)cc1OCC=C. The van der Waals surface area contributed by atoms with E-state index in [2.05, 4.69) is 36.3 Å². The van der Waals surface area contributed by atoms with Crippen LogP contribution in [0.3, 0.4) is 0 Å². The van der Waals surface area contributed by atoms with Gasteiger partial charge in [-0.05, 0) is 71.8 Å². The second-order valence-corrected chi connectivity index (χ2v) is 7.84. The Morgan fingerprint density at radius 1 is 0.474 bits per heavy atom. The van der Waals surface area contributed by atoms with E-state index in [-0.39, 0.29) is 0 Å². The van der Waals surface area contributed by atoms with Gasteiger partial charge in [0.1, 0.15) is 26.4 Å². The first kappa shape index (κ1) is 27.7. The molecule has 0 heterocycles. The van der Waals surface area contributed by atoms with Gasteiger partial charge in [0.15, 0.2) is 23.0 Å². The zero-order chi connectivity index (χ0) is 27.0. The van der Waals surface area contributed by atoms with E-state index < -0.39 is 0 Å². The lowest BCUT2D eigenvalue weighted by Gasteiger charge is -2.11. The van der Waals surface area contributed by atoms with Crippen LogP contribution >= 0.6 is 0 Å². The molecule has 0 fully saturated rings. The summed E-state index contributed by atoms with van der Waals surface area (Å²) in [5.41, 5.74) is 3.36. The Labute approximate surface area is 224 Å². The molecular formula is C32H32N2O4. The van der Waals surface area contributed by atoms with Crippen molar-refractivity contribution < 1.29 is 18.9 Å². The highest BCUT2D eigenvalue weighted by Crippen LogP contribution is 2.30. The molecule has 0 amide bonds. The molecule has 0 unspecified atom stereocenters. The standard InChI is InChI=1S/C32H32N2O4/c1-5-17-35-29-15-9-25(21-31(29)37-19-7-3)23-33-27-11-13-28(14-12-27)34-24-26-10-16-30(36-18-6-2)32(22-26)38-20-8-4/h5-16,21-24H,1-4,17-20H2. The maximum absolute atomic E-state index is 5.73. The van der Waals surface area contributed by atoms with Crippen molar-refractivity contribution in [2.45, 2.75) is 0 Å². The topological polar surface area (TPSA) is 61.6 Å². The molecule has 0 aliphatic carbocycles. The van der Waals surface area contributed by atoms with Gasteiger partial charge in [-0.1, -0.05) is 50.6 Å². The highest BCUT2D eigenvalue weighted by Gasteiger charge is 2.07. The van der Waals surface area contributed by atoms with Gasteiger partial charge in [-0.25, -0.2) is 0 Å². The van der Waals surface area contributed by atoms with Crippen molar-refractivity contribution in [1.82, 2.24) is 0 Å². The fourth-order valence-electron chi connectivity index (χ4n) is 3.19. The van der Waals surface area contributed by atoms with Gasteiger partial charge in [-0.2, -0.15) is 0 Å². The average Bonchev–Trinajstić information content (AvgIpc) is 2.96. The molecule has 0 saturated heterocycles. The van der Waals surface area contributed by atoms with Crippen molar-refractivity contribution in [3.05, 3.63) is 122 Å². The number of ether oxygens (including phenoxy) is 4. The summed E-state index contributed by atoms with van der Waals surface area (Å²) in [6, 6.07) is 18.9. The number of aliphatic imine (C=N–C) groups is 2. The monoisotopic (exact) mass is 508 g/mol. The molecule has 38 heavy (non-hydrogen) atoms. The third-order valence-corrected chi connectivity index (χ3v) is 4.94. The molecule has 3 aromatic rings. The van der Waals surface area contributed by atoms with Gasteiger partial charge >= 0.3 is 0 Å². The molecular weight excluding hydrogens is 476 g/mol. The Morgan fingerprint density at radius 3 is 1.16 bits per heavy atom. The molecule has 194 valence electrons. The summed E-state index contributed by atoms with van der Waals surface area (Å²) in [6.07, 6.45) is 10.3. The predicted molar refractivity (Wildman–Crippen MR) is 157 cm³/mol. The van der Waals surface area contributed by atoms with Crippen LogP contribution in [0.15, 0.2) is 121 Å². The van der Waals surface area contributed by atoms with E-state index in [9.17, 15) is 0 Å². The van der Waals surface area contributed by atoms with Gasteiger partial charge in [-0.15, -0.1) is 0 Å². The molecule has 0 N–H and O–H groups in total. The summed E-state index contributed by atoms with van der Waals surface area (Å²) in [5, 5.41) is 0. The molecule has 0 spiro atoms. The van der Waals surface area contributed by atoms with Gasteiger partial charge in [0, 0.05) is 12.4 Å². The Kier molecular flexibility index (Phi) is 11.2. The van der Waals surface area contributed by atoms with Crippen molar-refractivity contribution >= 4 is 23.8 Å². The lowest BCUT2D eigenvalue weighted by molar-refractivity contribution is 0.308. The first-order chi connectivity index (χ1) is 18.7. The summed E-state index contributed by atoms with van der Waals surface area (Å²) in [6.45, 7) is 16.3. The van der Waals surface area contributed by atoms with E-state index in [0.29, 0.717) is 49.4 Å². The number of benzene rings is 3. The van der Waals surface area contributed by atoms with Crippen LogP contribution in [-0.4, -0.2) is 38.9 Å². The Bertz CT molecular complexity index is 1190. The van der Waals surface area contributed by atoms with Crippen LogP contribution in [-0.2, 0) is 0 Å². The third kappa shape index (κ3) is 8.68. The van der Waals surface area contributed by atoms with Crippen LogP contribution < -0.4 is 18.9 Å². The largest absolute Gasteiger partial charge is 0.486 e. The second kappa shape index (κ2) is 15.3. The second-order valence-electron chi connectivity index (χ2n) is 7.84. The van der Waals surface area contributed by atoms with Crippen LogP contribution in [0.25, 0.3) is 0 Å². The molecule has 6 nitrogen and oxygen atoms in total. The average molecular weight is 509 g/mol. The molecule has 0 aromatic heterocycles. The van der Waals surface area contributed by atoms with E-state index in [1.165, 1.54) is 0 Å². The predicted octanol–water partition coefficient (Wildman–Crippen LogP) is 7.45. The Morgan fingerprint density at radius 2 is 0.816 bits per heavy atom. The van der Waals surface area contributed by atoms with Crippen molar-refractivity contribution in [1.29, 1.82) is 0 Å². The molecule has 0 atom stereocenters. The number of hydrogen-bond donors (Lipinski definition) is 0. The summed E-state index contributed by atoms with van der Waals surface area (Å²) < 4.78 is 22.8. The zero-order valence-corrected chi connectivity index (χ0v) is 21.4. The summed E-state index contributed by atoms with van der Waals surface area (Å²) in [7, 11) is 0. The van der Waals surface area contributed by atoms with E-state index in [0.717, 1.165) is 22.5 Å². The van der Waals surface area contributed by atoms with Crippen LogP contribution in [0, 0.1) is 0 Å². The highest BCUT2D eigenvalue weighted by atomic mass is 16.5. The minimum atomic E-state index is 0.378. The minimum absolute atomic E-state index is 0.378. The quantitative estimate of drug-likeness (QED) is 0.149. The molecule has 0 saturated carbocycles. The molecule has 0 aliphatic rings. The van der Waals surface area contributed by atoms with Gasteiger partial charge in [-0.3, -0.25) is 9.98 Å². The van der Waals surface area contributed by atoms with E-state index >= 15 is 0 Å². The number of hydrogen-bond acceptors (Lipinski definition) is 6. The van der Waals surface area contributed by atoms with Gasteiger partial charge in [0.25, 0.3) is 0 Å². The Hall–Kier alpha value is -4.84. The number of rotatable bonds is 16. The summed E-state index contributed by atoms with van der Waals surface area (Å²) in [5.74, 6) is 2.53. The first-order valence-electron chi connectivity index (χ1n) is 12.1. The van der Waals surface area contributed by atoms with Crippen molar-refractivity contribution in [2.75, 3.05) is 26.4 Å². The smallest absolute Gasteiger partial charge is 0.162 e. The van der Waals surface area contributed by atoms with Gasteiger partial charge in [0.2, 0.25) is 0 Å². The molecule has 6 heteroatoms. The summed E-state index contributed by atoms with van der Waals surface area (Å²) in [4.78, 5) is 9.14. The van der Waals surface area contributed by atoms with Crippen LogP contribution in [0.4, 0.5) is 11.4 Å². The molecule has 0 aliphatic heterocycles. The maximum Gasteiger partial charge on any atom is 0.162 e. The van der Waals surface area contributed by atoms with E-state index in [4.69, 9.17) is 18.9 Å². The Balaban J connectivity index is 1.69. The van der Waals surface area contributed by atoms with Gasteiger partial charge in [0.05, 0.1) is 11.4 Å².